The fourth-order valence-corrected chi connectivity index (χ4v) is 2.46. The molecular formula is C17H26ClNO. The molecule has 1 saturated carbocycles. The van der Waals surface area contributed by atoms with Crippen LogP contribution in [0.4, 0.5) is 0 Å². The molecule has 0 spiro atoms. The molecule has 1 fully saturated rings. The molecule has 20 heavy (non-hydrogen) atoms. The van der Waals surface area contributed by atoms with Crippen LogP contribution >= 0.6 is 11.6 Å². The Hall–Kier alpha value is -0.570. The van der Waals surface area contributed by atoms with Crippen LogP contribution in [0.3, 0.4) is 0 Å². The molecular weight excluding hydrogens is 270 g/mol. The van der Waals surface area contributed by atoms with Crippen molar-refractivity contribution in [2.24, 2.45) is 5.92 Å². The van der Waals surface area contributed by atoms with Crippen molar-refractivity contribution in [2.75, 3.05) is 13.2 Å². The first-order valence-electron chi connectivity index (χ1n) is 7.75. The third kappa shape index (κ3) is 5.82. The van der Waals surface area contributed by atoms with E-state index in [1.165, 1.54) is 24.8 Å². The van der Waals surface area contributed by atoms with Crippen LogP contribution in [0.1, 0.15) is 51.2 Å². The summed E-state index contributed by atoms with van der Waals surface area (Å²) in [6.45, 7) is 6.21. The van der Waals surface area contributed by atoms with Gasteiger partial charge in [0, 0.05) is 24.2 Å². The van der Waals surface area contributed by atoms with Crippen LogP contribution in [0, 0.1) is 5.92 Å². The lowest BCUT2D eigenvalue weighted by atomic mass is 10.1. The zero-order valence-corrected chi connectivity index (χ0v) is 13.3. The summed E-state index contributed by atoms with van der Waals surface area (Å²) in [5.74, 6) is 0.743. The van der Waals surface area contributed by atoms with E-state index in [1.54, 1.807) is 0 Å². The molecule has 0 bridgehead atoms. The van der Waals surface area contributed by atoms with Crippen LogP contribution in [0.15, 0.2) is 24.3 Å². The van der Waals surface area contributed by atoms with Crippen LogP contribution in [0.25, 0.3) is 0 Å². The minimum Gasteiger partial charge on any atom is -0.372 e. The summed E-state index contributed by atoms with van der Waals surface area (Å²) in [7, 11) is 0. The third-order valence-corrected chi connectivity index (χ3v) is 3.87. The van der Waals surface area contributed by atoms with E-state index >= 15 is 0 Å². The van der Waals surface area contributed by atoms with Crippen LogP contribution in [0.2, 0.25) is 5.02 Å². The largest absolute Gasteiger partial charge is 0.372 e. The fraction of sp³-hybridized carbons (Fsp3) is 0.647. The van der Waals surface area contributed by atoms with Crippen LogP contribution in [-0.2, 0) is 4.74 Å². The Morgan fingerprint density at radius 1 is 1.35 bits per heavy atom. The van der Waals surface area contributed by atoms with Gasteiger partial charge in [0.05, 0.1) is 6.10 Å². The molecule has 0 amide bonds. The molecule has 1 N–H and O–H groups in total. The molecule has 1 atom stereocenters. The molecule has 0 aromatic heterocycles. The SMILES string of the molecule is CC(C)CCCOC(CNC1CC1)c1cccc(Cl)c1. The third-order valence-electron chi connectivity index (χ3n) is 3.63. The molecule has 0 aliphatic heterocycles. The normalized spacial score (nSPS) is 16.6. The van der Waals surface area contributed by atoms with Gasteiger partial charge in [-0.25, -0.2) is 0 Å². The molecule has 112 valence electrons. The fourth-order valence-electron chi connectivity index (χ4n) is 2.26. The zero-order chi connectivity index (χ0) is 14.4. The van der Waals surface area contributed by atoms with E-state index in [2.05, 4.69) is 25.2 Å². The predicted molar refractivity (Wildman–Crippen MR) is 85.2 cm³/mol. The van der Waals surface area contributed by atoms with Gasteiger partial charge in [0.2, 0.25) is 0 Å². The summed E-state index contributed by atoms with van der Waals surface area (Å²) in [4.78, 5) is 0. The highest BCUT2D eigenvalue weighted by atomic mass is 35.5. The van der Waals surface area contributed by atoms with Gasteiger partial charge in [-0.1, -0.05) is 37.6 Å². The quantitative estimate of drug-likeness (QED) is 0.673. The molecule has 1 aromatic carbocycles. The summed E-state index contributed by atoms with van der Waals surface area (Å²) >= 11 is 6.09. The van der Waals surface area contributed by atoms with Crippen LogP contribution in [-0.4, -0.2) is 19.2 Å². The maximum absolute atomic E-state index is 6.09. The second kappa shape index (κ2) is 8.02. The molecule has 0 saturated heterocycles. The number of nitrogens with one attached hydrogen (secondary N) is 1. The van der Waals surface area contributed by atoms with Crippen molar-refractivity contribution in [1.29, 1.82) is 0 Å². The average Bonchev–Trinajstić information content (AvgIpc) is 3.21. The number of halogens is 1. The second-order valence-electron chi connectivity index (χ2n) is 6.13. The second-order valence-corrected chi connectivity index (χ2v) is 6.57. The lowest BCUT2D eigenvalue weighted by Gasteiger charge is -2.19. The van der Waals surface area contributed by atoms with Gasteiger partial charge in [-0.05, 0) is 49.3 Å². The van der Waals surface area contributed by atoms with Crippen LogP contribution in [0.5, 0.6) is 0 Å². The summed E-state index contributed by atoms with van der Waals surface area (Å²) in [5, 5.41) is 4.34. The van der Waals surface area contributed by atoms with E-state index < -0.39 is 0 Å². The molecule has 1 aliphatic rings. The van der Waals surface area contributed by atoms with Crippen molar-refractivity contribution in [2.45, 2.75) is 51.7 Å². The Kier molecular flexibility index (Phi) is 6.34. The highest BCUT2D eigenvalue weighted by Gasteiger charge is 2.22. The molecule has 1 aliphatic carbocycles. The Balaban J connectivity index is 1.85. The van der Waals surface area contributed by atoms with Crippen molar-refractivity contribution in [3.05, 3.63) is 34.9 Å². The van der Waals surface area contributed by atoms with E-state index in [1.807, 2.05) is 18.2 Å². The summed E-state index contributed by atoms with van der Waals surface area (Å²) < 4.78 is 6.09. The van der Waals surface area contributed by atoms with Gasteiger partial charge < -0.3 is 10.1 Å². The van der Waals surface area contributed by atoms with Gasteiger partial charge >= 0.3 is 0 Å². The topological polar surface area (TPSA) is 21.3 Å². The van der Waals surface area contributed by atoms with Crippen molar-refractivity contribution < 1.29 is 4.74 Å². The van der Waals surface area contributed by atoms with Crippen molar-refractivity contribution in [1.82, 2.24) is 5.32 Å². The molecule has 2 nitrogen and oxygen atoms in total. The van der Waals surface area contributed by atoms with E-state index in [4.69, 9.17) is 16.3 Å². The van der Waals surface area contributed by atoms with Gasteiger partial charge in [0.25, 0.3) is 0 Å². The van der Waals surface area contributed by atoms with E-state index in [0.717, 1.165) is 30.5 Å². The summed E-state index contributed by atoms with van der Waals surface area (Å²) in [5.41, 5.74) is 1.18. The Bertz CT molecular complexity index is 404. The smallest absolute Gasteiger partial charge is 0.0949 e. The Morgan fingerprint density at radius 3 is 2.80 bits per heavy atom. The number of benzene rings is 1. The van der Waals surface area contributed by atoms with Gasteiger partial charge in [-0.2, -0.15) is 0 Å². The first kappa shape index (κ1) is 15.8. The van der Waals surface area contributed by atoms with E-state index in [0.29, 0.717) is 6.04 Å². The number of hydrogen-bond donors (Lipinski definition) is 1. The van der Waals surface area contributed by atoms with Gasteiger partial charge in [-0.15, -0.1) is 0 Å². The van der Waals surface area contributed by atoms with Gasteiger partial charge in [0.1, 0.15) is 0 Å². The van der Waals surface area contributed by atoms with E-state index in [9.17, 15) is 0 Å². The summed E-state index contributed by atoms with van der Waals surface area (Å²) in [6.07, 6.45) is 5.06. The highest BCUT2D eigenvalue weighted by Crippen LogP contribution is 2.24. The van der Waals surface area contributed by atoms with E-state index in [-0.39, 0.29) is 6.10 Å². The predicted octanol–water partition coefficient (Wildman–Crippen LogP) is 4.59. The maximum atomic E-state index is 6.09. The van der Waals surface area contributed by atoms with Crippen molar-refractivity contribution in [3.63, 3.8) is 0 Å². The number of hydrogen-bond acceptors (Lipinski definition) is 2. The first-order chi connectivity index (χ1) is 9.65. The zero-order valence-electron chi connectivity index (χ0n) is 12.6. The molecule has 1 unspecified atom stereocenters. The van der Waals surface area contributed by atoms with Crippen molar-refractivity contribution in [3.8, 4) is 0 Å². The van der Waals surface area contributed by atoms with Crippen molar-refractivity contribution >= 4 is 11.6 Å². The number of ether oxygens (including phenoxy) is 1. The highest BCUT2D eigenvalue weighted by molar-refractivity contribution is 6.30. The lowest BCUT2D eigenvalue weighted by Crippen LogP contribution is -2.25. The van der Waals surface area contributed by atoms with Gasteiger partial charge in [-0.3, -0.25) is 0 Å². The summed E-state index contributed by atoms with van der Waals surface area (Å²) in [6, 6.07) is 8.74. The first-order valence-corrected chi connectivity index (χ1v) is 8.13. The lowest BCUT2D eigenvalue weighted by molar-refractivity contribution is 0.0484. The maximum Gasteiger partial charge on any atom is 0.0949 e. The Morgan fingerprint density at radius 2 is 2.15 bits per heavy atom. The Labute approximate surface area is 127 Å². The monoisotopic (exact) mass is 295 g/mol. The van der Waals surface area contributed by atoms with Gasteiger partial charge in [0.15, 0.2) is 0 Å². The average molecular weight is 296 g/mol. The van der Waals surface area contributed by atoms with Crippen LogP contribution < -0.4 is 5.32 Å². The number of rotatable bonds is 9. The molecule has 0 heterocycles. The molecule has 2 rings (SSSR count). The molecule has 3 heteroatoms. The minimum absolute atomic E-state index is 0.112. The standard InChI is InChI=1S/C17H26ClNO/c1-13(2)5-4-10-20-17(12-19-16-8-9-16)14-6-3-7-15(18)11-14/h3,6-7,11,13,16-17,19H,4-5,8-10,12H2,1-2H3. The minimum atomic E-state index is 0.112. The molecule has 1 aromatic rings. The molecule has 0 radical (unpaired) electrons.